The highest BCUT2D eigenvalue weighted by Crippen LogP contribution is 2.35. The Balaban J connectivity index is 1.43. The molecule has 178 valence electrons. The largest absolute Gasteiger partial charge is 0.482 e. The van der Waals surface area contributed by atoms with Crippen LogP contribution in [0.4, 0.5) is 17.1 Å². The number of aryl methyl sites for hydroxylation is 1. The van der Waals surface area contributed by atoms with Crippen LogP contribution < -0.4 is 20.3 Å². The van der Waals surface area contributed by atoms with Gasteiger partial charge < -0.3 is 15.4 Å². The summed E-state index contributed by atoms with van der Waals surface area (Å²) in [6.07, 6.45) is 5.44. The molecule has 4 rings (SSSR count). The van der Waals surface area contributed by atoms with Gasteiger partial charge in [-0.3, -0.25) is 29.4 Å². The number of benzene rings is 2. The lowest BCUT2D eigenvalue weighted by atomic mass is 9.95. The minimum Gasteiger partial charge on any atom is -0.482 e. The third kappa shape index (κ3) is 5.16. The van der Waals surface area contributed by atoms with Gasteiger partial charge in [0.15, 0.2) is 6.61 Å². The number of hydrogen-bond donors (Lipinski definition) is 2. The first-order valence-corrected chi connectivity index (χ1v) is 11.2. The minimum atomic E-state index is -0.576. The van der Waals surface area contributed by atoms with Gasteiger partial charge in [-0.05, 0) is 49.6 Å². The Hall–Kier alpha value is -3.95. The van der Waals surface area contributed by atoms with E-state index in [2.05, 4.69) is 10.6 Å². The monoisotopic (exact) mass is 466 g/mol. The summed E-state index contributed by atoms with van der Waals surface area (Å²) < 4.78 is 5.33. The quantitative estimate of drug-likeness (QED) is 0.496. The molecule has 0 unspecified atom stereocenters. The normalized spacial score (nSPS) is 15.8. The zero-order valence-corrected chi connectivity index (χ0v) is 18.8. The summed E-state index contributed by atoms with van der Waals surface area (Å²) in [4.78, 5) is 49.4. The molecule has 34 heavy (non-hydrogen) atoms. The van der Waals surface area contributed by atoms with Crippen LogP contribution in [-0.4, -0.2) is 41.8 Å². The second-order valence-electron chi connectivity index (χ2n) is 8.56. The van der Waals surface area contributed by atoms with Crippen LogP contribution in [0.1, 0.15) is 48.0 Å². The van der Waals surface area contributed by atoms with Crippen molar-refractivity contribution in [3.8, 4) is 5.75 Å². The maximum absolute atomic E-state index is 12.7. The number of non-ortho nitro benzene ring substituents is 1. The van der Waals surface area contributed by atoms with E-state index in [1.165, 1.54) is 29.5 Å². The molecule has 0 aromatic heterocycles. The first kappa shape index (κ1) is 23.2. The van der Waals surface area contributed by atoms with E-state index in [9.17, 15) is 24.5 Å². The van der Waals surface area contributed by atoms with Crippen LogP contribution >= 0.6 is 0 Å². The van der Waals surface area contributed by atoms with Crippen molar-refractivity contribution in [2.45, 2.75) is 45.1 Å². The highest BCUT2D eigenvalue weighted by Gasteiger charge is 2.29. The van der Waals surface area contributed by atoms with Gasteiger partial charge in [-0.1, -0.05) is 19.3 Å². The second-order valence-corrected chi connectivity index (χ2v) is 8.56. The van der Waals surface area contributed by atoms with E-state index in [1.54, 1.807) is 25.1 Å². The summed E-state index contributed by atoms with van der Waals surface area (Å²) in [7, 11) is 0. The second kappa shape index (κ2) is 9.90. The van der Waals surface area contributed by atoms with Crippen LogP contribution in [0.5, 0.6) is 5.75 Å². The molecule has 2 aromatic rings. The summed E-state index contributed by atoms with van der Waals surface area (Å²) in [5.74, 6) is -0.794. The van der Waals surface area contributed by atoms with Crippen molar-refractivity contribution >= 4 is 34.8 Å². The lowest BCUT2D eigenvalue weighted by molar-refractivity contribution is -0.384. The number of fused-ring (bicyclic) bond motifs is 1. The fraction of sp³-hybridized carbons (Fsp3) is 0.375. The molecule has 2 aromatic carbocycles. The molecular weight excluding hydrogens is 440 g/mol. The van der Waals surface area contributed by atoms with Crippen molar-refractivity contribution in [3.05, 3.63) is 57.6 Å². The van der Waals surface area contributed by atoms with Gasteiger partial charge in [-0.25, -0.2) is 0 Å². The number of carbonyl (C=O) groups is 3. The summed E-state index contributed by atoms with van der Waals surface area (Å²) in [5, 5.41) is 16.9. The third-order valence-corrected chi connectivity index (χ3v) is 6.10. The molecule has 1 fully saturated rings. The van der Waals surface area contributed by atoms with E-state index in [-0.39, 0.29) is 36.5 Å². The lowest BCUT2D eigenvalue weighted by Crippen LogP contribution is -2.43. The van der Waals surface area contributed by atoms with E-state index in [4.69, 9.17) is 4.74 Å². The molecule has 0 bridgehead atoms. The van der Waals surface area contributed by atoms with Crippen molar-refractivity contribution in [2.24, 2.45) is 0 Å². The van der Waals surface area contributed by atoms with Crippen molar-refractivity contribution in [1.29, 1.82) is 0 Å². The number of nitrogens with zero attached hydrogens (tertiary/aromatic N) is 2. The smallest absolute Gasteiger partial charge is 0.271 e. The fourth-order valence-corrected chi connectivity index (χ4v) is 4.27. The van der Waals surface area contributed by atoms with E-state index < -0.39 is 16.7 Å². The van der Waals surface area contributed by atoms with E-state index in [0.717, 1.165) is 25.7 Å². The zero-order chi connectivity index (χ0) is 24.2. The van der Waals surface area contributed by atoms with Crippen molar-refractivity contribution < 1.29 is 24.0 Å². The third-order valence-electron chi connectivity index (χ3n) is 6.10. The Morgan fingerprint density at radius 3 is 2.62 bits per heavy atom. The summed E-state index contributed by atoms with van der Waals surface area (Å²) in [6, 6.07) is 9.12. The van der Waals surface area contributed by atoms with Crippen molar-refractivity contribution in [2.75, 3.05) is 23.4 Å². The van der Waals surface area contributed by atoms with Gasteiger partial charge in [0.1, 0.15) is 12.3 Å². The molecule has 1 aliphatic carbocycles. The Bertz CT molecular complexity index is 1140. The van der Waals surface area contributed by atoms with Crippen LogP contribution in [0.3, 0.4) is 0 Å². The van der Waals surface area contributed by atoms with Gasteiger partial charge in [0.25, 0.3) is 17.5 Å². The molecule has 0 radical (unpaired) electrons. The number of amides is 3. The van der Waals surface area contributed by atoms with Crippen molar-refractivity contribution in [3.63, 3.8) is 0 Å². The van der Waals surface area contributed by atoms with E-state index in [0.29, 0.717) is 22.6 Å². The molecule has 10 nitrogen and oxygen atoms in total. The van der Waals surface area contributed by atoms with Crippen LogP contribution in [-0.2, 0) is 9.59 Å². The maximum atomic E-state index is 12.7. The molecule has 3 amide bonds. The molecule has 10 heteroatoms. The number of rotatable bonds is 6. The van der Waals surface area contributed by atoms with Gasteiger partial charge in [-0.15, -0.1) is 0 Å². The number of nitro benzene ring substituents is 1. The molecule has 2 aliphatic rings. The average molecular weight is 466 g/mol. The number of carbonyl (C=O) groups excluding carboxylic acids is 3. The number of ether oxygens (including phenoxy) is 1. The highest BCUT2D eigenvalue weighted by molar-refractivity contribution is 6.05. The molecule has 1 aliphatic heterocycles. The van der Waals surface area contributed by atoms with Gasteiger partial charge in [0, 0.05) is 29.4 Å². The Labute approximate surface area is 196 Å². The molecule has 0 spiro atoms. The highest BCUT2D eigenvalue weighted by atomic mass is 16.6. The first-order chi connectivity index (χ1) is 16.3. The van der Waals surface area contributed by atoms with Gasteiger partial charge in [0.2, 0.25) is 5.91 Å². The predicted octanol–water partition coefficient (Wildman–Crippen LogP) is 3.33. The zero-order valence-electron chi connectivity index (χ0n) is 18.8. The summed E-state index contributed by atoms with van der Waals surface area (Å²) >= 11 is 0. The molecule has 2 N–H and O–H groups in total. The van der Waals surface area contributed by atoms with Crippen LogP contribution in [0.25, 0.3) is 0 Å². The summed E-state index contributed by atoms with van der Waals surface area (Å²) in [5.41, 5.74) is 1.70. The lowest BCUT2D eigenvalue weighted by Gasteiger charge is -2.28. The molecular formula is C24H26N4O6. The summed E-state index contributed by atoms with van der Waals surface area (Å²) in [6.45, 7) is 1.19. The van der Waals surface area contributed by atoms with Crippen LogP contribution in [0.2, 0.25) is 0 Å². The standard InChI is InChI=1S/C24H26N4O6/c1-15-11-16(24(31)25-17-5-3-2-4-6-17)7-9-19(15)26-22(29)13-27-20-12-18(28(32)33)8-10-21(20)34-14-23(27)30/h7-12,17H,2-6,13-14H2,1H3,(H,25,31)(H,26,29). The van der Waals surface area contributed by atoms with Gasteiger partial charge in [0.05, 0.1) is 10.6 Å². The van der Waals surface area contributed by atoms with Gasteiger partial charge >= 0.3 is 0 Å². The fourth-order valence-electron chi connectivity index (χ4n) is 4.27. The predicted molar refractivity (Wildman–Crippen MR) is 125 cm³/mol. The maximum Gasteiger partial charge on any atom is 0.271 e. The Kier molecular flexibility index (Phi) is 6.76. The molecule has 0 atom stereocenters. The number of nitrogens with one attached hydrogen (secondary N) is 2. The van der Waals surface area contributed by atoms with Crippen molar-refractivity contribution in [1.82, 2.24) is 5.32 Å². The number of nitro groups is 1. The van der Waals surface area contributed by atoms with E-state index in [1.807, 2.05) is 0 Å². The first-order valence-electron chi connectivity index (χ1n) is 11.2. The van der Waals surface area contributed by atoms with Crippen LogP contribution in [0.15, 0.2) is 36.4 Å². The topological polar surface area (TPSA) is 131 Å². The SMILES string of the molecule is Cc1cc(C(=O)NC2CCCCC2)ccc1NC(=O)CN1C(=O)COc2ccc([N+](=O)[O-])cc21. The Morgan fingerprint density at radius 2 is 1.91 bits per heavy atom. The van der Waals surface area contributed by atoms with Crippen LogP contribution in [0, 0.1) is 17.0 Å². The number of hydrogen-bond acceptors (Lipinski definition) is 6. The molecule has 0 saturated heterocycles. The minimum absolute atomic E-state index is 0.134. The molecule has 1 heterocycles. The van der Waals surface area contributed by atoms with Gasteiger partial charge in [-0.2, -0.15) is 0 Å². The molecule has 1 saturated carbocycles. The number of anilines is 2. The Morgan fingerprint density at radius 1 is 1.15 bits per heavy atom. The average Bonchev–Trinajstić information content (AvgIpc) is 2.82. The van der Waals surface area contributed by atoms with E-state index >= 15 is 0 Å².